The molecule has 6 nitrogen and oxygen atoms in total. The molecule has 8 heteroatoms. The van der Waals surface area contributed by atoms with E-state index < -0.39 is 26.1 Å². The monoisotopic (exact) mass is 460 g/mol. The highest BCUT2D eigenvalue weighted by Gasteiger charge is 2.38. The number of halogens is 1. The first-order chi connectivity index (χ1) is 13.4. The van der Waals surface area contributed by atoms with Gasteiger partial charge in [0.05, 0.1) is 6.10 Å². The van der Waals surface area contributed by atoms with E-state index in [0.717, 1.165) is 5.03 Å². The summed E-state index contributed by atoms with van der Waals surface area (Å²) in [6, 6.07) is -0.717. The average Bonchev–Trinajstić information content (AvgIpc) is 2.52. The minimum Gasteiger partial charge on any atom is -0.444 e. The quantitative estimate of drug-likeness (QED) is 0.423. The first kappa shape index (κ1) is 28.7. The fourth-order valence-corrected chi connectivity index (χ4v) is 3.58. The van der Waals surface area contributed by atoms with Crippen LogP contribution in [0.2, 0.25) is 18.1 Å². The molecule has 0 aliphatic rings. The van der Waals surface area contributed by atoms with Crippen molar-refractivity contribution in [1.82, 2.24) is 10.6 Å². The molecule has 0 unspecified atom stereocenters. The van der Waals surface area contributed by atoms with Crippen LogP contribution in [0.5, 0.6) is 0 Å². The van der Waals surface area contributed by atoms with Crippen LogP contribution in [0.25, 0.3) is 0 Å². The lowest BCUT2D eigenvalue weighted by molar-refractivity contribution is -0.121. The van der Waals surface area contributed by atoms with Crippen molar-refractivity contribution >= 4 is 31.9 Å². The molecule has 0 bridgehead atoms. The molecule has 2 atom stereocenters. The minimum absolute atomic E-state index is 0.0231. The number of carbonyl (C=O) groups is 2. The molecule has 0 rings (SSSR count). The summed E-state index contributed by atoms with van der Waals surface area (Å²) in [5, 5.41) is 6.04. The van der Waals surface area contributed by atoms with Crippen LogP contribution in [0, 0.1) is 0 Å². The third-order valence-corrected chi connectivity index (χ3v) is 9.49. The highest BCUT2D eigenvalue weighted by Crippen LogP contribution is 2.38. The number of allylic oxidation sites excluding steroid dienone is 1. The zero-order chi connectivity index (χ0) is 23.8. The zero-order valence-corrected chi connectivity index (χ0v) is 22.1. The Morgan fingerprint density at radius 3 is 2.13 bits per heavy atom. The van der Waals surface area contributed by atoms with Gasteiger partial charge in [0, 0.05) is 5.03 Å². The Balaban J connectivity index is 4.81. The summed E-state index contributed by atoms with van der Waals surface area (Å²) in [5.41, 5.74) is -0.616. The smallest absolute Gasteiger partial charge is 0.408 e. The van der Waals surface area contributed by atoms with E-state index in [9.17, 15) is 9.59 Å². The molecule has 0 saturated heterocycles. The van der Waals surface area contributed by atoms with Crippen LogP contribution < -0.4 is 10.6 Å². The van der Waals surface area contributed by atoms with Crippen LogP contribution in [-0.2, 0) is 14.0 Å². The van der Waals surface area contributed by atoms with Gasteiger partial charge in [-0.25, -0.2) is 4.79 Å². The first-order valence-electron chi connectivity index (χ1n) is 10.4. The molecule has 0 aliphatic heterocycles. The normalized spacial score (nSPS) is 15.6. The lowest BCUT2D eigenvalue weighted by atomic mass is 10.2. The molecule has 0 aromatic carbocycles. The molecular formula is C22H41ClN2O4Si. The van der Waals surface area contributed by atoms with Crippen LogP contribution in [0.3, 0.4) is 0 Å². The van der Waals surface area contributed by atoms with Gasteiger partial charge in [-0.15, -0.1) is 0 Å². The molecule has 174 valence electrons. The minimum atomic E-state index is -1.93. The second-order valence-electron chi connectivity index (χ2n) is 10.0. The van der Waals surface area contributed by atoms with Gasteiger partial charge in [-0.2, -0.15) is 0 Å². The maximum atomic E-state index is 12.2. The second-order valence-corrected chi connectivity index (χ2v) is 15.4. The van der Waals surface area contributed by atoms with Crippen molar-refractivity contribution in [3.63, 3.8) is 0 Å². The van der Waals surface area contributed by atoms with Crippen molar-refractivity contribution in [1.29, 1.82) is 0 Å². The Morgan fingerprint density at radius 2 is 1.67 bits per heavy atom. The Hall–Kier alpha value is -1.31. The molecule has 0 fully saturated rings. The number of amides is 2. The summed E-state index contributed by atoms with van der Waals surface area (Å²) >= 11 is 6.00. The van der Waals surface area contributed by atoms with Gasteiger partial charge < -0.3 is 19.8 Å². The Kier molecular flexibility index (Phi) is 11.4. The van der Waals surface area contributed by atoms with Crippen molar-refractivity contribution in [2.75, 3.05) is 0 Å². The molecule has 0 aromatic rings. The molecule has 0 spiro atoms. The lowest BCUT2D eigenvalue weighted by Gasteiger charge is -2.39. The Bertz CT molecular complexity index is 630. The van der Waals surface area contributed by atoms with E-state index in [0.29, 0.717) is 12.8 Å². The SMILES string of the molecule is C/C(Cl)=C\C[C@@H](C/C=C\NC(=O)[C@H](C)NC(=O)OC(C)(C)C)O[Si](C)(C)C(C)(C)C. The van der Waals surface area contributed by atoms with Gasteiger partial charge in [-0.1, -0.05) is 44.5 Å². The third kappa shape index (κ3) is 12.4. The number of nitrogens with one attached hydrogen (secondary N) is 2. The van der Waals surface area contributed by atoms with Crippen LogP contribution in [0.15, 0.2) is 23.4 Å². The van der Waals surface area contributed by atoms with Crippen LogP contribution in [-0.4, -0.2) is 38.1 Å². The fourth-order valence-electron chi connectivity index (χ4n) is 2.12. The van der Waals surface area contributed by atoms with Gasteiger partial charge >= 0.3 is 6.09 Å². The maximum absolute atomic E-state index is 12.2. The molecule has 0 heterocycles. The van der Waals surface area contributed by atoms with E-state index in [-0.39, 0.29) is 17.0 Å². The molecule has 30 heavy (non-hydrogen) atoms. The largest absolute Gasteiger partial charge is 0.444 e. The van der Waals surface area contributed by atoms with E-state index in [1.807, 2.05) is 19.1 Å². The maximum Gasteiger partial charge on any atom is 0.408 e. The van der Waals surface area contributed by atoms with Crippen LogP contribution >= 0.6 is 11.6 Å². The number of hydrogen-bond donors (Lipinski definition) is 2. The predicted octanol–water partition coefficient (Wildman–Crippen LogP) is 5.84. The summed E-state index contributed by atoms with van der Waals surface area (Å²) < 4.78 is 11.7. The van der Waals surface area contributed by atoms with Gasteiger partial charge in [0.2, 0.25) is 5.91 Å². The molecule has 2 N–H and O–H groups in total. The van der Waals surface area contributed by atoms with Crippen molar-refractivity contribution in [3.05, 3.63) is 23.4 Å². The van der Waals surface area contributed by atoms with E-state index in [2.05, 4.69) is 44.5 Å². The number of ether oxygens (including phenoxy) is 1. The van der Waals surface area contributed by atoms with Crippen molar-refractivity contribution in [2.45, 2.75) is 104 Å². The lowest BCUT2D eigenvalue weighted by Crippen LogP contribution is -2.45. The van der Waals surface area contributed by atoms with Gasteiger partial charge in [-0.3, -0.25) is 4.79 Å². The van der Waals surface area contributed by atoms with Crippen molar-refractivity contribution < 1.29 is 18.8 Å². The fraction of sp³-hybridized carbons (Fsp3) is 0.727. The average molecular weight is 461 g/mol. The first-order valence-corrected chi connectivity index (χ1v) is 13.7. The molecule has 0 saturated carbocycles. The summed E-state index contributed by atoms with van der Waals surface area (Å²) in [6.45, 7) is 19.8. The van der Waals surface area contributed by atoms with E-state index in [1.165, 1.54) is 0 Å². The van der Waals surface area contributed by atoms with E-state index in [1.54, 1.807) is 33.9 Å². The summed E-state index contributed by atoms with van der Waals surface area (Å²) in [7, 11) is -1.93. The molecule has 0 aromatic heterocycles. The summed E-state index contributed by atoms with van der Waals surface area (Å²) in [4.78, 5) is 24.0. The Morgan fingerprint density at radius 1 is 1.10 bits per heavy atom. The second kappa shape index (κ2) is 11.9. The topological polar surface area (TPSA) is 76.7 Å². The number of alkyl carbamates (subject to hydrolysis) is 1. The van der Waals surface area contributed by atoms with Crippen LogP contribution in [0.4, 0.5) is 4.79 Å². The summed E-state index contributed by atoms with van der Waals surface area (Å²) in [6.07, 6.45) is 6.11. The Labute approximate surface area is 188 Å². The number of rotatable bonds is 9. The van der Waals surface area contributed by atoms with Gasteiger partial charge in [0.25, 0.3) is 0 Å². The molecular weight excluding hydrogens is 420 g/mol. The van der Waals surface area contributed by atoms with Gasteiger partial charge in [-0.05, 0) is 71.8 Å². The number of hydrogen-bond acceptors (Lipinski definition) is 4. The van der Waals surface area contributed by atoms with Crippen molar-refractivity contribution in [2.24, 2.45) is 0 Å². The van der Waals surface area contributed by atoms with Crippen LogP contribution in [0.1, 0.15) is 68.2 Å². The standard InChI is InChI=1S/C22H41ClN2O4Si/c1-16(23)13-14-18(29-30(9,10)22(6,7)8)12-11-15-24-19(26)17(2)25-20(27)28-21(3,4)5/h11,13,15,17-18H,12,14H2,1-10H3,(H,24,26)(H,25,27)/b15-11-,16-13+/t17-,18+/m0/s1. The zero-order valence-electron chi connectivity index (χ0n) is 20.3. The van der Waals surface area contributed by atoms with Gasteiger partial charge in [0.15, 0.2) is 8.32 Å². The molecule has 0 aliphatic carbocycles. The van der Waals surface area contributed by atoms with Gasteiger partial charge in [0.1, 0.15) is 11.6 Å². The number of carbonyl (C=O) groups excluding carboxylic acids is 2. The highest BCUT2D eigenvalue weighted by molar-refractivity contribution is 6.74. The molecule has 2 amide bonds. The van der Waals surface area contributed by atoms with E-state index >= 15 is 0 Å². The third-order valence-electron chi connectivity index (χ3n) is 4.80. The van der Waals surface area contributed by atoms with E-state index in [4.69, 9.17) is 20.8 Å². The highest BCUT2D eigenvalue weighted by atomic mass is 35.5. The predicted molar refractivity (Wildman–Crippen MR) is 127 cm³/mol. The summed E-state index contributed by atoms with van der Waals surface area (Å²) in [5.74, 6) is -0.324. The van der Waals surface area contributed by atoms with Crippen molar-refractivity contribution in [3.8, 4) is 0 Å². The molecule has 0 radical (unpaired) electrons.